The number of rotatable bonds is 4. The van der Waals surface area contributed by atoms with Crippen LogP contribution in [-0.2, 0) is 6.42 Å². The largest absolute Gasteiger partial charge is 0.467 e. The van der Waals surface area contributed by atoms with E-state index in [1.54, 1.807) is 6.26 Å². The molecule has 0 fully saturated rings. The van der Waals surface area contributed by atoms with E-state index in [0.29, 0.717) is 6.54 Å². The highest BCUT2D eigenvalue weighted by Crippen LogP contribution is 2.26. The fraction of sp³-hybridized carbons (Fsp3) is 0.267. The van der Waals surface area contributed by atoms with Gasteiger partial charge in [-0.05, 0) is 24.3 Å². The fourth-order valence-electron chi connectivity index (χ4n) is 2.52. The van der Waals surface area contributed by atoms with Gasteiger partial charge in [-0.3, -0.25) is 0 Å². The zero-order valence-electron chi connectivity index (χ0n) is 10.9. The predicted octanol–water partition coefficient (Wildman–Crippen LogP) is 2.74. The van der Waals surface area contributed by atoms with Gasteiger partial charge in [0.05, 0.1) is 17.3 Å². The van der Waals surface area contributed by atoms with E-state index in [4.69, 9.17) is 10.2 Å². The maximum atomic E-state index is 5.96. The number of imidazole rings is 1. The van der Waals surface area contributed by atoms with E-state index in [1.165, 1.54) is 0 Å². The van der Waals surface area contributed by atoms with Crippen LogP contribution in [0.15, 0.2) is 47.1 Å². The van der Waals surface area contributed by atoms with Crippen molar-refractivity contribution >= 4 is 11.0 Å². The average molecular weight is 255 g/mol. The third-order valence-corrected chi connectivity index (χ3v) is 3.39. The van der Waals surface area contributed by atoms with Crippen molar-refractivity contribution in [1.82, 2.24) is 9.55 Å². The minimum absolute atomic E-state index is 0.00245. The Labute approximate surface area is 111 Å². The van der Waals surface area contributed by atoms with E-state index in [0.717, 1.165) is 29.0 Å². The summed E-state index contributed by atoms with van der Waals surface area (Å²) in [6.45, 7) is 2.59. The molecular weight excluding hydrogens is 238 g/mol. The number of nitrogens with zero attached hydrogens (tertiary/aromatic N) is 2. The molecule has 2 heterocycles. The van der Waals surface area contributed by atoms with Gasteiger partial charge in [-0.1, -0.05) is 19.1 Å². The summed E-state index contributed by atoms with van der Waals surface area (Å²) in [5.74, 6) is 1.91. The highest BCUT2D eigenvalue weighted by Gasteiger charge is 2.20. The number of aryl methyl sites for hydroxylation is 1. The molecule has 4 nitrogen and oxygen atoms in total. The summed E-state index contributed by atoms with van der Waals surface area (Å²) in [7, 11) is 0. The first-order valence-corrected chi connectivity index (χ1v) is 6.54. The topological polar surface area (TPSA) is 57.0 Å². The van der Waals surface area contributed by atoms with E-state index in [1.807, 2.05) is 30.3 Å². The molecule has 2 aromatic heterocycles. The number of nitrogens with two attached hydrogens (primary N) is 1. The van der Waals surface area contributed by atoms with Crippen molar-refractivity contribution in [1.29, 1.82) is 0 Å². The molecule has 19 heavy (non-hydrogen) atoms. The molecule has 3 rings (SSSR count). The summed E-state index contributed by atoms with van der Waals surface area (Å²) in [6.07, 6.45) is 2.55. The first kappa shape index (κ1) is 12.0. The Morgan fingerprint density at radius 2 is 2.11 bits per heavy atom. The molecule has 0 spiro atoms. The van der Waals surface area contributed by atoms with Gasteiger partial charge in [-0.15, -0.1) is 0 Å². The minimum Gasteiger partial charge on any atom is -0.467 e. The molecule has 1 aromatic carbocycles. The van der Waals surface area contributed by atoms with Crippen molar-refractivity contribution in [3.63, 3.8) is 0 Å². The van der Waals surface area contributed by atoms with Crippen molar-refractivity contribution in [3.8, 4) is 0 Å². The molecule has 1 atom stereocenters. The lowest BCUT2D eigenvalue weighted by atomic mass is 10.2. The van der Waals surface area contributed by atoms with Crippen molar-refractivity contribution in [2.24, 2.45) is 5.73 Å². The summed E-state index contributed by atoms with van der Waals surface area (Å²) >= 11 is 0. The molecule has 0 amide bonds. The summed E-state index contributed by atoms with van der Waals surface area (Å²) in [5.41, 5.74) is 8.07. The van der Waals surface area contributed by atoms with Gasteiger partial charge in [-0.25, -0.2) is 4.98 Å². The Kier molecular flexibility index (Phi) is 3.09. The van der Waals surface area contributed by atoms with Crippen molar-refractivity contribution in [3.05, 3.63) is 54.2 Å². The van der Waals surface area contributed by atoms with Crippen LogP contribution in [0.2, 0.25) is 0 Å². The lowest BCUT2D eigenvalue weighted by molar-refractivity contribution is 0.431. The molecule has 0 aliphatic carbocycles. The van der Waals surface area contributed by atoms with Gasteiger partial charge < -0.3 is 14.7 Å². The van der Waals surface area contributed by atoms with Crippen LogP contribution in [0.3, 0.4) is 0 Å². The van der Waals surface area contributed by atoms with Crippen LogP contribution in [-0.4, -0.2) is 16.1 Å². The van der Waals surface area contributed by atoms with Gasteiger partial charge >= 0.3 is 0 Å². The highest BCUT2D eigenvalue weighted by molar-refractivity contribution is 5.76. The minimum atomic E-state index is -0.00245. The molecule has 0 aliphatic heterocycles. The Bertz CT molecular complexity index is 670. The third kappa shape index (κ3) is 1.94. The third-order valence-electron chi connectivity index (χ3n) is 3.39. The summed E-state index contributed by atoms with van der Waals surface area (Å²) in [6, 6.07) is 12.0. The van der Waals surface area contributed by atoms with Crippen LogP contribution in [0.4, 0.5) is 0 Å². The first-order valence-electron chi connectivity index (χ1n) is 6.54. The Morgan fingerprint density at radius 3 is 2.79 bits per heavy atom. The van der Waals surface area contributed by atoms with Crippen LogP contribution < -0.4 is 5.73 Å². The number of aromatic nitrogens is 2. The number of furan rings is 1. The van der Waals surface area contributed by atoms with Gasteiger partial charge in [0, 0.05) is 13.0 Å². The average Bonchev–Trinajstić information content (AvgIpc) is 3.08. The van der Waals surface area contributed by atoms with E-state index >= 15 is 0 Å². The van der Waals surface area contributed by atoms with Crippen molar-refractivity contribution < 1.29 is 4.42 Å². The summed E-state index contributed by atoms with van der Waals surface area (Å²) in [5, 5.41) is 0. The molecule has 0 aliphatic rings. The second-order valence-corrected chi connectivity index (χ2v) is 4.51. The molecule has 4 heteroatoms. The number of para-hydroxylation sites is 2. The number of hydrogen-bond donors (Lipinski definition) is 1. The second kappa shape index (κ2) is 4.90. The lowest BCUT2D eigenvalue weighted by Gasteiger charge is -2.17. The SMILES string of the molecule is CCc1nc2ccccc2n1C(CN)c1ccco1. The molecule has 2 N–H and O–H groups in total. The predicted molar refractivity (Wildman–Crippen MR) is 75.0 cm³/mol. The number of benzene rings is 1. The van der Waals surface area contributed by atoms with E-state index in [-0.39, 0.29) is 6.04 Å². The zero-order valence-corrected chi connectivity index (χ0v) is 10.9. The van der Waals surface area contributed by atoms with Gasteiger partial charge in [0.15, 0.2) is 0 Å². The monoisotopic (exact) mass is 255 g/mol. The fourth-order valence-corrected chi connectivity index (χ4v) is 2.52. The lowest BCUT2D eigenvalue weighted by Crippen LogP contribution is -2.21. The molecular formula is C15H17N3O. The van der Waals surface area contributed by atoms with Crippen molar-refractivity contribution in [2.75, 3.05) is 6.54 Å². The normalized spacial score (nSPS) is 12.9. The van der Waals surface area contributed by atoms with Crippen LogP contribution in [0.1, 0.15) is 24.6 Å². The van der Waals surface area contributed by atoms with Crippen LogP contribution in [0, 0.1) is 0 Å². The van der Waals surface area contributed by atoms with Gasteiger partial charge in [0.1, 0.15) is 17.6 Å². The molecule has 0 saturated carbocycles. The van der Waals surface area contributed by atoms with E-state index in [9.17, 15) is 0 Å². The van der Waals surface area contributed by atoms with Gasteiger partial charge in [-0.2, -0.15) is 0 Å². The maximum absolute atomic E-state index is 5.96. The molecule has 0 bridgehead atoms. The second-order valence-electron chi connectivity index (χ2n) is 4.51. The molecule has 98 valence electrons. The maximum Gasteiger partial charge on any atom is 0.127 e. The number of hydrogen-bond acceptors (Lipinski definition) is 3. The Hall–Kier alpha value is -2.07. The quantitative estimate of drug-likeness (QED) is 0.779. The van der Waals surface area contributed by atoms with Gasteiger partial charge in [0.25, 0.3) is 0 Å². The zero-order chi connectivity index (χ0) is 13.2. The smallest absolute Gasteiger partial charge is 0.127 e. The number of fused-ring (bicyclic) bond motifs is 1. The molecule has 1 unspecified atom stereocenters. The van der Waals surface area contributed by atoms with Crippen molar-refractivity contribution in [2.45, 2.75) is 19.4 Å². The van der Waals surface area contributed by atoms with E-state index < -0.39 is 0 Å². The highest BCUT2D eigenvalue weighted by atomic mass is 16.3. The molecule has 0 saturated heterocycles. The molecule has 0 radical (unpaired) electrons. The van der Waals surface area contributed by atoms with Crippen LogP contribution >= 0.6 is 0 Å². The van der Waals surface area contributed by atoms with Crippen LogP contribution in [0.5, 0.6) is 0 Å². The molecule has 3 aromatic rings. The van der Waals surface area contributed by atoms with Gasteiger partial charge in [0.2, 0.25) is 0 Å². The first-order chi connectivity index (χ1) is 9.35. The standard InChI is InChI=1S/C15H17N3O/c1-2-15-17-11-6-3-4-7-12(11)18(15)13(10-16)14-8-5-9-19-14/h3-9,13H,2,10,16H2,1H3. The Balaban J connectivity index is 2.22. The summed E-state index contributed by atoms with van der Waals surface area (Å²) in [4.78, 5) is 4.68. The van der Waals surface area contributed by atoms with Crippen LogP contribution in [0.25, 0.3) is 11.0 Å². The summed E-state index contributed by atoms with van der Waals surface area (Å²) < 4.78 is 7.72. The Morgan fingerprint density at radius 1 is 1.26 bits per heavy atom. The van der Waals surface area contributed by atoms with E-state index in [2.05, 4.69) is 22.5 Å².